The zero-order chi connectivity index (χ0) is 14.3. The van der Waals surface area contributed by atoms with Gasteiger partial charge in [-0.25, -0.2) is 0 Å². The van der Waals surface area contributed by atoms with E-state index in [2.05, 4.69) is 10.2 Å². The molecule has 3 rings (SSSR count). The lowest BCUT2D eigenvalue weighted by molar-refractivity contribution is -0.384. The number of fused-ring (bicyclic) bond motifs is 2. The van der Waals surface area contributed by atoms with Gasteiger partial charge in [0, 0.05) is 29.9 Å². The van der Waals surface area contributed by atoms with Crippen molar-refractivity contribution in [3.8, 4) is 0 Å². The molecule has 1 N–H and O–H groups in total. The van der Waals surface area contributed by atoms with E-state index in [-0.39, 0.29) is 10.7 Å². The Balaban J connectivity index is 1.91. The first-order chi connectivity index (χ1) is 9.60. The Kier molecular flexibility index (Phi) is 3.56. The van der Waals surface area contributed by atoms with Gasteiger partial charge in [0.2, 0.25) is 0 Å². The summed E-state index contributed by atoms with van der Waals surface area (Å²) >= 11 is 5.89. The summed E-state index contributed by atoms with van der Waals surface area (Å²) in [6.07, 6.45) is 4.53. The third-order valence-corrected chi connectivity index (χ3v) is 4.89. The second-order valence-corrected chi connectivity index (χ2v) is 6.05. The molecule has 2 bridgehead atoms. The van der Waals surface area contributed by atoms with Gasteiger partial charge in [-0.15, -0.1) is 0 Å². The van der Waals surface area contributed by atoms with E-state index in [1.807, 2.05) is 13.1 Å². The zero-order valence-electron chi connectivity index (χ0n) is 11.4. The molecule has 0 aromatic heterocycles. The molecule has 1 aromatic carbocycles. The molecule has 5 nitrogen and oxygen atoms in total. The van der Waals surface area contributed by atoms with Crippen molar-refractivity contribution < 1.29 is 4.92 Å². The smallest absolute Gasteiger partial charge is 0.289 e. The number of nitrogens with one attached hydrogen (secondary N) is 1. The Morgan fingerprint density at radius 1 is 1.35 bits per heavy atom. The minimum atomic E-state index is -0.409. The summed E-state index contributed by atoms with van der Waals surface area (Å²) in [5, 5.41) is 14.6. The van der Waals surface area contributed by atoms with E-state index >= 15 is 0 Å². The Morgan fingerprint density at radius 3 is 2.55 bits per heavy atom. The van der Waals surface area contributed by atoms with Crippen molar-refractivity contribution >= 4 is 23.0 Å². The van der Waals surface area contributed by atoms with E-state index < -0.39 is 4.92 Å². The highest BCUT2D eigenvalue weighted by Gasteiger charge is 2.40. The molecule has 1 aromatic rings. The number of halogens is 1. The third kappa shape index (κ3) is 2.25. The summed E-state index contributed by atoms with van der Waals surface area (Å²) in [5.74, 6) is 0. The van der Waals surface area contributed by atoms with E-state index in [0.29, 0.717) is 18.1 Å². The monoisotopic (exact) mass is 295 g/mol. The molecule has 20 heavy (non-hydrogen) atoms. The van der Waals surface area contributed by atoms with Crippen molar-refractivity contribution in [2.24, 2.45) is 0 Å². The predicted molar refractivity (Wildman–Crippen MR) is 79.5 cm³/mol. The molecular weight excluding hydrogens is 278 g/mol. The minimum Gasteiger partial charge on any atom is -0.365 e. The number of rotatable bonds is 3. The molecule has 0 saturated carbocycles. The second-order valence-electron chi connectivity index (χ2n) is 5.64. The molecule has 2 atom stereocenters. The standard InChI is InChI=1S/C14H18ClN3O2/c1-16-9-6-10-2-3-11(7-9)17(10)12-4-5-13(15)14(8-12)18(19)20/h4-5,8-11,16H,2-3,6-7H2,1H3. The van der Waals surface area contributed by atoms with Crippen LogP contribution in [-0.4, -0.2) is 30.1 Å². The number of hydrogen-bond acceptors (Lipinski definition) is 4. The van der Waals surface area contributed by atoms with E-state index in [1.54, 1.807) is 12.1 Å². The molecule has 0 spiro atoms. The molecule has 0 amide bonds. The summed E-state index contributed by atoms with van der Waals surface area (Å²) in [5.41, 5.74) is 0.933. The maximum Gasteiger partial charge on any atom is 0.289 e. The average molecular weight is 296 g/mol. The van der Waals surface area contributed by atoms with Crippen LogP contribution in [0.5, 0.6) is 0 Å². The van der Waals surface area contributed by atoms with Crippen LogP contribution in [0.1, 0.15) is 25.7 Å². The van der Waals surface area contributed by atoms with Crippen molar-refractivity contribution in [2.45, 2.75) is 43.8 Å². The molecule has 2 aliphatic rings. The van der Waals surface area contributed by atoms with Crippen molar-refractivity contribution in [1.29, 1.82) is 0 Å². The van der Waals surface area contributed by atoms with Gasteiger partial charge >= 0.3 is 0 Å². The number of anilines is 1. The van der Waals surface area contributed by atoms with Crippen LogP contribution in [0.25, 0.3) is 0 Å². The molecule has 2 heterocycles. The minimum absolute atomic E-state index is 0.000642. The topological polar surface area (TPSA) is 58.4 Å². The van der Waals surface area contributed by atoms with Crippen molar-refractivity contribution in [1.82, 2.24) is 5.32 Å². The summed E-state index contributed by atoms with van der Waals surface area (Å²) < 4.78 is 0. The highest BCUT2D eigenvalue weighted by molar-refractivity contribution is 6.32. The van der Waals surface area contributed by atoms with Gasteiger partial charge in [-0.05, 0) is 44.9 Å². The third-order valence-electron chi connectivity index (χ3n) is 4.57. The largest absolute Gasteiger partial charge is 0.365 e. The molecule has 108 valence electrons. The number of nitro benzene ring substituents is 1. The first-order valence-corrected chi connectivity index (χ1v) is 7.37. The van der Waals surface area contributed by atoms with E-state index in [4.69, 9.17) is 11.6 Å². The number of hydrogen-bond donors (Lipinski definition) is 1. The molecule has 6 heteroatoms. The van der Waals surface area contributed by atoms with E-state index in [1.165, 1.54) is 12.8 Å². The van der Waals surface area contributed by atoms with Gasteiger partial charge < -0.3 is 10.2 Å². The van der Waals surface area contributed by atoms with E-state index in [9.17, 15) is 10.1 Å². The molecule has 2 unspecified atom stereocenters. The fourth-order valence-corrected chi connectivity index (χ4v) is 3.82. The fourth-order valence-electron chi connectivity index (χ4n) is 3.64. The van der Waals surface area contributed by atoms with Crippen LogP contribution < -0.4 is 10.2 Å². The number of benzene rings is 1. The van der Waals surface area contributed by atoms with Crippen LogP contribution in [0.3, 0.4) is 0 Å². The lowest BCUT2D eigenvalue weighted by Gasteiger charge is -2.40. The zero-order valence-corrected chi connectivity index (χ0v) is 12.1. The number of nitrogens with zero attached hydrogens (tertiary/aromatic N) is 2. The van der Waals surface area contributed by atoms with Crippen molar-refractivity contribution in [3.05, 3.63) is 33.3 Å². The van der Waals surface area contributed by atoms with Crippen LogP contribution in [0, 0.1) is 10.1 Å². The van der Waals surface area contributed by atoms with Gasteiger partial charge in [-0.3, -0.25) is 10.1 Å². The van der Waals surface area contributed by atoms with Crippen LogP contribution in [0.15, 0.2) is 18.2 Å². The first-order valence-electron chi connectivity index (χ1n) is 6.99. The molecule has 2 saturated heterocycles. The number of nitro groups is 1. The van der Waals surface area contributed by atoms with Crippen LogP contribution >= 0.6 is 11.6 Å². The molecule has 2 fully saturated rings. The van der Waals surface area contributed by atoms with E-state index in [0.717, 1.165) is 18.5 Å². The van der Waals surface area contributed by atoms with Gasteiger partial charge in [0.15, 0.2) is 0 Å². The van der Waals surface area contributed by atoms with Crippen LogP contribution in [0.4, 0.5) is 11.4 Å². The lowest BCUT2D eigenvalue weighted by Crippen LogP contribution is -2.48. The molecule has 0 radical (unpaired) electrons. The lowest BCUT2D eigenvalue weighted by atomic mass is 9.96. The fraction of sp³-hybridized carbons (Fsp3) is 0.571. The second kappa shape index (κ2) is 5.22. The SMILES string of the molecule is CNC1CC2CCC(C1)N2c1ccc(Cl)c([N+](=O)[O-])c1. The van der Waals surface area contributed by atoms with Crippen LogP contribution in [0.2, 0.25) is 5.02 Å². The Labute approximate surface area is 123 Å². The summed E-state index contributed by atoms with van der Waals surface area (Å²) in [6, 6.07) is 6.68. The summed E-state index contributed by atoms with van der Waals surface area (Å²) in [7, 11) is 2.01. The summed E-state index contributed by atoms with van der Waals surface area (Å²) in [6.45, 7) is 0. The Hall–Kier alpha value is -1.33. The highest BCUT2D eigenvalue weighted by Crippen LogP contribution is 2.41. The first kappa shape index (κ1) is 13.6. The quantitative estimate of drug-likeness (QED) is 0.688. The predicted octanol–water partition coefficient (Wildman–Crippen LogP) is 2.97. The molecular formula is C14H18ClN3O2. The Morgan fingerprint density at radius 2 is 2.00 bits per heavy atom. The van der Waals surface area contributed by atoms with Crippen LogP contribution in [-0.2, 0) is 0 Å². The van der Waals surface area contributed by atoms with Crippen molar-refractivity contribution in [2.75, 3.05) is 11.9 Å². The van der Waals surface area contributed by atoms with Gasteiger partial charge in [-0.1, -0.05) is 11.6 Å². The highest BCUT2D eigenvalue weighted by atomic mass is 35.5. The van der Waals surface area contributed by atoms with Gasteiger partial charge in [0.25, 0.3) is 5.69 Å². The van der Waals surface area contributed by atoms with Gasteiger partial charge in [0.1, 0.15) is 5.02 Å². The Bertz CT molecular complexity index is 523. The van der Waals surface area contributed by atoms with Gasteiger partial charge in [0.05, 0.1) is 4.92 Å². The normalized spacial score (nSPS) is 28.7. The van der Waals surface area contributed by atoms with Crippen molar-refractivity contribution in [3.63, 3.8) is 0 Å². The van der Waals surface area contributed by atoms with Gasteiger partial charge in [-0.2, -0.15) is 0 Å². The number of piperidine rings is 1. The average Bonchev–Trinajstić information content (AvgIpc) is 2.69. The maximum absolute atomic E-state index is 11.0. The molecule has 0 aliphatic carbocycles. The summed E-state index contributed by atoms with van der Waals surface area (Å²) in [4.78, 5) is 13.0. The maximum atomic E-state index is 11.0. The molecule has 2 aliphatic heterocycles.